The van der Waals surface area contributed by atoms with Crippen LogP contribution in [-0.4, -0.2) is 18.1 Å². The van der Waals surface area contributed by atoms with Gasteiger partial charge >= 0.3 is 0 Å². The molecule has 0 atom stereocenters. The van der Waals surface area contributed by atoms with Crippen LogP contribution >= 0.6 is 0 Å². The van der Waals surface area contributed by atoms with Gasteiger partial charge in [-0.15, -0.1) is 0 Å². The first-order valence-electron chi connectivity index (χ1n) is 5.08. The first kappa shape index (κ1) is 9.46. The lowest BCUT2D eigenvalue weighted by Crippen LogP contribution is -2.42. The topological polar surface area (TPSA) is 48.1 Å². The molecule has 0 aliphatic heterocycles. The summed E-state index contributed by atoms with van der Waals surface area (Å²) in [5.41, 5.74) is 5.98. The lowest BCUT2D eigenvalue weighted by molar-refractivity contribution is 0.0666. The molecule has 0 spiro atoms. The average molecular weight is 192 g/mol. The highest BCUT2D eigenvalue weighted by molar-refractivity contribution is 5.15. The van der Waals surface area contributed by atoms with E-state index in [1.54, 1.807) is 12.4 Å². The van der Waals surface area contributed by atoms with Crippen LogP contribution in [0.15, 0.2) is 24.5 Å². The highest BCUT2D eigenvalue weighted by Gasteiger charge is 2.36. The molecule has 0 aromatic carbocycles. The fourth-order valence-corrected chi connectivity index (χ4v) is 1.75. The number of hydrogen-bond donors (Lipinski definition) is 1. The van der Waals surface area contributed by atoms with Crippen LogP contribution in [-0.2, 0) is 0 Å². The van der Waals surface area contributed by atoms with Crippen molar-refractivity contribution in [3.8, 4) is 5.75 Å². The molecule has 76 valence electrons. The molecule has 1 heterocycles. The average Bonchev–Trinajstić information content (AvgIpc) is 2.19. The van der Waals surface area contributed by atoms with Gasteiger partial charge in [-0.25, -0.2) is 0 Å². The fraction of sp³-hybridized carbons (Fsp3) is 0.545. The SMILES string of the molecule is NCC1(COc2cccnc2)CCC1. The monoisotopic (exact) mass is 192 g/mol. The molecular formula is C11H16N2O. The van der Waals surface area contributed by atoms with E-state index in [1.165, 1.54) is 19.3 Å². The van der Waals surface area contributed by atoms with Crippen molar-refractivity contribution in [3.05, 3.63) is 24.5 Å². The zero-order chi connectivity index (χ0) is 9.86. The molecule has 0 amide bonds. The van der Waals surface area contributed by atoms with Crippen LogP contribution in [0.5, 0.6) is 5.75 Å². The summed E-state index contributed by atoms with van der Waals surface area (Å²) in [6.07, 6.45) is 7.17. The van der Waals surface area contributed by atoms with Gasteiger partial charge in [-0.1, -0.05) is 6.42 Å². The van der Waals surface area contributed by atoms with Crippen LogP contribution in [0.25, 0.3) is 0 Å². The van der Waals surface area contributed by atoms with Crippen molar-refractivity contribution in [2.45, 2.75) is 19.3 Å². The summed E-state index contributed by atoms with van der Waals surface area (Å²) in [7, 11) is 0. The summed E-state index contributed by atoms with van der Waals surface area (Å²) >= 11 is 0. The summed E-state index contributed by atoms with van der Waals surface area (Å²) in [5, 5.41) is 0. The second kappa shape index (κ2) is 3.96. The molecule has 0 saturated heterocycles. The molecule has 1 fully saturated rings. The first-order valence-corrected chi connectivity index (χ1v) is 5.08. The zero-order valence-electron chi connectivity index (χ0n) is 8.28. The normalized spacial score (nSPS) is 18.6. The minimum Gasteiger partial charge on any atom is -0.491 e. The smallest absolute Gasteiger partial charge is 0.137 e. The first-order chi connectivity index (χ1) is 6.85. The third kappa shape index (κ3) is 1.87. The minimum absolute atomic E-state index is 0.246. The van der Waals surface area contributed by atoms with E-state index in [1.807, 2.05) is 12.1 Å². The van der Waals surface area contributed by atoms with Crippen molar-refractivity contribution in [2.75, 3.05) is 13.2 Å². The lowest BCUT2D eigenvalue weighted by atomic mass is 9.69. The Morgan fingerprint density at radius 1 is 1.50 bits per heavy atom. The van der Waals surface area contributed by atoms with E-state index in [0.29, 0.717) is 0 Å². The molecule has 0 bridgehead atoms. The van der Waals surface area contributed by atoms with Gasteiger partial charge < -0.3 is 10.5 Å². The van der Waals surface area contributed by atoms with Crippen LogP contribution < -0.4 is 10.5 Å². The van der Waals surface area contributed by atoms with Gasteiger partial charge in [0.1, 0.15) is 5.75 Å². The van der Waals surface area contributed by atoms with Crippen LogP contribution in [0.2, 0.25) is 0 Å². The third-order valence-electron chi connectivity index (χ3n) is 3.03. The van der Waals surface area contributed by atoms with Gasteiger partial charge in [0.15, 0.2) is 0 Å². The molecule has 1 saturated carbocycles. The van der Waals surface area contributed by atoms with E-state index >= 15 is 0 Å². The van der Waals surface area contributed by atoms with Gasteiger partial charge in [0.05, 0.1) is 12.8 Å². The third-order valence-corrected chi connectivity index (χ3v) is 3.03. The van der Waals surface area contributed by atoms with Crippen LogP contribution in [0.4, 0.5) is 0 Å². The van der Waals surface area contributed by atoms with E-state index in [-0.39, 0.29) is 5.41 Å². The Kier molecular flexibility index (Phi) is 2.68. The molecule has 3 heteroatoms. The largest absolute Gasteiger partial charge is 0.491 e. The maximum Gasteiger partial charge on any atom is 0.137 e. The predicted molar refractivity (Wildman–Crippen MR) is 55.1 cm³/mol. The van der Waals surface area contributed by atoms with Gasteiger partial charge in [0.25, 0.3) is 0 Å². The zero-order valence-corrected chi connectivity index (χ0v) is 8.28. The Labute approximate surface area is 84.3 Å². The number of rotatable bonds is 4. The number of ether oxygens (including phenoxy) is 1. The van der Waals surface area contributed by atoms with E-state index in [9.17, 15) is 0 Å². The fourth-order valence-electron chi connectivity index (χ4n) is 1.75. The van der Waals surface area contributed by atoms with E-state index < -0.39 is 0 Å². The maximum absolute atomic E-state index is 5.74. The molecular weight excluding hydrogens is 176 g/mol. The molecule has 2 rings (SSSR count). The minimum atomic E-state index is 0.246. The lowest BCUT2D eigenvalue weighted by Gasteiger charge is -2.40. The summed E-state index contributed by atoms with van der Waals surface area (Å²) in [6, 6.07) is 3.81. The highest BCUT2D eigenvalue weighted by atomic mass is 16.5. The molecule has 1 aliphatic carbocycles. The Balaban J connectivity index is 1.88. The van der Waals surface area contributed by atoms with Gasteiger partial charge in [-0.3, -0.25) is 4.98 Å². The maximum atomic E-state index is 5.74. The van der Waals surface area contributed by atoms with E-state index in [0.717, 1.165) is 18.9 Å². The van der Waals surface area contributed by atoms with Crippen molar-refractivity contribution in [3.63, 3.8) is 0 Å². The highest BCUT2D eigenvalue weighted by Crippen LogP contribution is 2.40. The van der Waals surface area contributed by atoms with Crippen LogP contribution in [0, 0.1) is 5.41 Å². The number of aromatic nitrogens is 1. The molecule has 1 aliphatic rings. The van der Waals surface area contributed by atoms with Gasteiger partial charge in [0.2, 0.25) is 0 Å². The summed E-state index contributed by atoms with van der Waals surface area (Å²) < 4.78 is 5.66. The van der Waals surface area contributed by atoms with Crippen molar-refractivity contribution in [1.82, 2.24) is 4.98 Å². The summed E-state index contributed by atoms with van der Waals surface area (Å²) in [5.74, 6) is 0.840. The molecule has 0 unspecified atom stereocenters. The molecule has 1 aromatic rings. The van der Waals surface area contributed by atoms with Crippen molar-refractivity contribution < 1.29 is 4.74 Å². The van der Waals surface area contributed by atoms with Gasteiger partial charge in [-0.05, 0) is 25.0 Å². The molecule has 0 radical (unpaired) electrons. The quantitative estimate of drug-likeness (QED) is 0.788. The number of nitrogens with two attached hydrogens (primary N) is 1. The Hall–Kier alpha value is -1.09. The second-order valence-corrected chi connectivity index (χ2v) is 4.04. The van der Waals surface area contributed by atoms with Crippen LogP contribution in [0.1, 0.15) is 19.3 Å². The molecule has 14 heavy (non-hydrogen) atoms. The second-order valence-electron chi connectivity index (χ2n) is 4.04. The van der Waals surface area contributed by atoms with Gasteiger partial charge in [0, 0.05) is 18.2 Å². The van der Waals surface area contributed by atoms with Gasteiger partial charge in [-0.2, -0.15) is 0 Å². The van der Waals surface area contributed by atoms with Crippen molar-refractivity contribution >= 4 is 0 Å². The number of nitrogens with zero attached hydrogens (tertiary/aromatic N) is 1. The molecule has 2 N–H and O–H groups in total. The van der Waals surface area contributed by atoms with E-state index in [4.69, 9.17) is 10.5 Å². The summed E-state index contributed by atoms with van der Waals surface area (Å²) in [6.45, 7) is 1.46. The Bertz CT molecular complexity index is 277. The predicted octanol–water partition coefficient (Wildman–Crippen LogP) is 1.59. The Morgan fingerprint density at radius 3 is 2.86 bits per heavy atom. The summed E-state index contributed by atoms with van der Waals surface area (Å²) in [4.78, 5) is 4.00. The molecule has 3 nitrogen and oxygen atoms in total. The van der Waals surface area contributed by atoms with Crippen molar-refractivity contribution in [2.24, 2.45) is 11.1 Å². The standard InChI is InChI=1S/C11H16N2O/c12-8-11(4-2-5-11)9-14-10-3-1-6-13-7-10/h1,3,6-7H,2,4-5,8-9,12H2. The van der Waals surface area contributed by atoms with Crippen LogP contribution in [0.3, 0.4) is 0 Å². The Morgan fingerprint density at radius 2 is 2.36 bits per heavy atom. The van der Waals surface area contributed by atoms with E-state index in [2.05, 4.69) is 4.98 Å². The number of hydrogen-bond acceptors (Lipinski definition) is 3. The number of pyridine rings is 1. The molecule has 1 aromatic heterocycles. The van der Waals surface area contributed by atoms with Crippen molar-refractivity contribution in [1.29, 1.82) is 0 Å².